The van der Waals surface area contributed by atoms with Gasteiger partial charge in [-0.05, 0) is 62.2 Å². The van der Waals surface area contributed by atoms with Crippen LogP contribution in [0.15, 0.2) is 12.7 Å². The van der Waals surface area contributed by atoms with Gasteiger partial charge >= 0.3 is 11.9 Å². The second-order valence-corrected chi connectivity index (χ2v) is 7.41. The number of rotatable bonds is 6. The fraction of sp³-hybridized carbons (Fsp3) is 0.778. The van der Waals surface area contributed by atoms with Crippen molar-refractivity contribution in [2.24, 2.45) is 29.1 Å². The third-order valence-electron chi connectivity index (χ3n) is 6.28. The van der Waals surface area contributed by atoms with Crippen molar-refractivity contribution in [1.82, 2.24) is 0 Å². The zero-order valence-corrected chi connectivity index (χ0v) is 13.4. The van der Waals surface area contributed by atoms with Gasteiger partial charge in [0.25, 0.3) is 0 Å². The predicted octanol–water partition coefficient (Wildman–Crippen LogP) is 3.11. The Kier molecular flexibility index (Phi) is 4.28. The molecule has 0 N–H and O–H groups in total. The highest BCUT2D eigenvalue weighted by atomic mass is 16.5. The summed E-state index contributed by atoms with van der Waals surface area (Å²) in [5, 5.41) is 0. The number of esters is 2. The smallest absolute Gasteiger partial charge is 0.330 e. The van der Waals surface area contributed by atoms with Gasteiger partial charge < -0.3 is 9.47 Å². The summed E-state index contributed by atoms with van der Waals surface area (Å²) in [6.45, 7) is 6.02. The summed E-state index contributed by atoms with van der Waals surface area (Å²) in [6, 6.07) is 0. The molecule has 4 heteroatoms. The molecule has 122 valence electrons. The second kappa shape index (κ2) is 6.05. The molecular formula is C18H26O4. The first-order valence-corrected chi connectivity index (χ1v) is 8.46. The van der Waals surface area contributed by atoms with E-state index in [0.717, 1.165) is 18.3 Å². The first-order valence-electron chi connectivity index (χ1n) is 8.46. The predicted molar refractivity (Wildman–Crippen MR) is 81.9 cm³/mol. The van der Waals surface area contributed by atoms with E-state index in [1.807, 2.05) is 0 Å². The number of hydrogen-bond acceptors (Lipinski definition) is 4. The van der Waals surface area contributed by atoms with E-state index in [1.54, 1.807) is 0 Å². The maximum absolute atomic E-state index is 11.2. The van der Waals surface area contributed by atoms with E-state index in [4.69, 9.17) is 9.47 Å². The molecule has 3 saturated carbocycles. The minimum Gasteiger partial charge on any atom is -0.465 e. The summed E-state index contributed by atoms with van der Waals surface area (Å²) in [7, 11) is 0. The van der Waals surface area contributed by atoms with E-state index in [2.05, 4.69) is 6.58 Å². The van der Waals surface area contributed by atoms with Gasteiger partial charge in [-0.25, -0.2) is 4.79 Å². The summed E-state index contributed by atoms with van der Waals surface area (Å²) in [5.74, 6) is 2.47. The minimum absolute atomic E-state index is 0.160. The summed E-state index contributed by atoms with van der Waals surface area (Å²) >= 11 is 0. The van der Waals surface area contributed by atoms with Crippen LogP contribution in [0.5, 0.6) is 0 Å². The molecule has 0 saturated heterocycles. The number of fused-ring (bicyclic) bond motifs is 5. The average Bonchev–Trinajstić information content (AvgIpc) is 3.15. The quantitative estimate of drug-likeness (QED) is 0.559. The van der Waals surface area contributed by atoms with E-state index < -0.39 is 0 Å². The van der Waals surface area contributed by atoms with Crippen molar-refractivity contribution in [3.05, 3.63) is 12.7 Å². The van der Waals surface area contributed by atoms with Crippen molar-refractivity contribution in [2.75, 3.05) is 13.2 Å². The SMILES string of the molecule is C=CC(=O)OCCC1CC2C3CCC(COC(C)=O)(C3)C2C1. The molecule has 0 heterocycles. The fourth-order valence-electron chi connectivity index (χ4n) is 5.41. The highest BCUT2D eigenvalue weighted by Crippen LogP contribution is 2.67. The third kappa shape index (κ3) is 2.80. The fourth-order valence-corrected chi connectivity index (χ4v) is 5.41. The Morgan fingerprint density at radius 1 is 1.32 bits per heavy atom. The molecule has 3 aliphatic carbocycles. The van der Waals surface area contributed by atoms with E-state index in [0.29, 0.717) is 25.0 Å². The summed E-state index contributed by atoms with van der Waals surface area (Å²) in [5.41, 5.74) is 0.244. The molecule has 3 aliphatic rings. The number of ether oxygens (including phenoxy) is 2. The van der Waals surface area contributed by atoms with Gasteiger partial charge in [-0.1, -0.05) is 6.58 Å². The monoisotopic (exact) mass is 306 g/mol. The second-order valence-electron chi connectivity index (χ2n) is 7.41. The largest absolute Gasteiger partial charge is 0.465 e. The van der Waals surface area contributed by atoms with Gasteiger partial charge in [-0.3, -0.25) is 4.79 Å². The van der Waals surface area contributed by atoms with Crippen molar-refractivity contribution in [3.8, 4) is 0 Å². The lowest BCUT2D eigenvalue weighted by Crippen LogP contribution is -2.33. The van der Waals surface area contributed by atoms with Gasteiger partial charge in [-0.15, -0.1) is 0 Å². The van der Waals surface area contributed by atoms with Crippen LogP contribution < -0.4 is 0 Å². The molecule has 3 rings (SSSR count). The van der Waals surface area contributed by atoms with Crippen LogP contribution in [0.3, 0.4) is 0 Å². The Bertz CT molecular complexity index is 472. The molecular weight excluding hydrogens is 280 g/mol. The van der Waals surface area contributed by atoms with Crippen LogP contribution in [-0.2, 0) is 19.1 Å². The normalized spacial score (nSPS) is 38.6. The standard InChI is InChI=1S/C18H26O4/c1-3-17(20)21-7-5-13-8-15-14-4-6-18(10-14,16(15)9-13)11-22-12(2)19/h3,13-16H,1,4-11H2,2H3. The lowest BCUT2D eigenvalue weighted by Gasteiger charge is -2.35. The van der Waals surface area contributed by atoms with Crippen molar-refractivity contribution in [3.63, 3.8) is 0 Å². The van der Waals surface area contributed by atoms with Crippen LogP contribution in [0, 0.1) is 29.1 Å². The van der Waals surface area contributed by atoms with Crippen LogP contribution >= 0.6 is 0 Å². The highest BCUT2D eigenvalue weighted by molar-refractivity contribution is 5.81. The van der Waals surface area contributed by atoms with E-state index in [1.165, 1.54) is 45.1 Å². The topological polar surface area (TPSA) is 52.6 Å². The Hall–Kier alpha value is -1.32. The van der Waals surface area contributed by atoms with Crippen molar-refractivity contribution >= 4 is 11.9 Å². The third-order valence-corrected chi connectivity index (χ3v) is 6.28. The Morgan fingerprint density at radius 2 is 2.14 bits per heavy atom. The van der Waals surface area contributed by atoms with Gasteiger partial charge in [-0.2, -0.15) is 0 Å². The van der Waals surface area contributed by atoms with Gasteiger partial charge in [0.05, 0.1) is 13.2 Å². The van der Waals surface area contributed by atoms with Crippen LogP contribution in [-0.4, -0.2) is 25.2 Å². The molecule has 0 amide bonds. The summed E-state index contributed by atoms with van der Waals surface area (Å²) < 4.78 is 10.5. The van der Waals surface area contributed by atoms with E-state index in [-0.39, 0.29) is 17.4 Å². The average molecular weight is 306 g/mol. The van der Waals surface area contributed by atoms with Gasteiger partial charge in [0.2, 0.25) is 0 Å². The maximum Gasteiger partial charge on any atom is 0.330 e. The number of carbonyl (C=O) groups excluding carboxylic acids is 2. The van der Waals surface area contributed by atoms with Gasteiger partial charge in [0.1, 0.15) is 0 Å². The van der Waals surface area contributed by atoms with Gasteiger partial charge in [0, 0.05) is 18.4 Å². The molecule has 0 aromatic carbocycles. The summed E-state index contributed by atoms with van der Waals surface area (Å²) in [6.07, 6.45) is 8.37. The van der Waals surface area contributed by atoms with Crippen LogP contribution in [0.25, 0.3) is 0 Å². The van der Waals surface area contributed by atoms with Crippen molar-refractivity contribution < 1.29 is 19.1 Å². The molecule has 0 spiro atoms. The molecule has 2 bridgehead atoms. The van der Waals surface area contributed by atoms with Crippen LogP contribution in [0.4, 0.5) is 0 Å². The highest BCUT2D eigenvalue weighted by Gasteiger charge is 2.60. The lowest BCUT2D eigenvalue weighted by molar-refractivity contribution is -0.145. The molecule has 5 unspecified atom stereocenters. The Morgan fingerprint density at radius 3 is 2.86 bits per heavy atom. The molecule has 0 aromatic rings. The first-order chi connectivity index (χ1) is 10.5. The first kappa shape index (κ1) is 15.6. The van der Waals surface area contributed by atoms with Crippen LogP contribution in [0.1, 0.15) is 45.4 Å². The molecule has 4 nitrogen and oxygen atoms in total. The van der Waals surface area contributed by atoms with Gasteiger partial charge in [0.15, 0.2) is 0 Å². The van der Waals surface area contributed by atoms with Crippen molar-refractivity contribution in [1.29, 1.82) is 0 Å². The van der Waals surface area contributed by atoms with Crippen LogP contribution in [0.2, 0.25) is 0 Å². The summed E-state index contributed by atoms with van der Waals surface area (Å²) in [4.78, 5) is 22.3. The van der Waals surface area contributed by atoms with Crippen molar-refractivity contribution in [2.45, 2.75) is 45.4 Å². The molecule has 0 aliphatic heterocycles. The zero-order valence-electron chi connectivity index (χ0n) is 13.4. The molecule has 0 aromatic heterocycles. The number of hydrogen-bond donors (Lipinski definition) is 0. The lowest BCUT2D eigenvalue weighted by atomic mass is 9.72. The minimum atomic E-state index is -0.329. The van der Waals surface area contributed by atoms with E-state index >= 15 is 0 Å². The Labute approximate surface area is 132 Å². The number of carbonyl (C=O) groups is 2. The molecule has 5 atom stereocenters. The maximum atomic E-state index is 11.2. The molecule has 22 heavy (non-hydrogen) atoms. The Balaban J connectivity index is 1.55. The zero-order chi connectivity index (χ0) is 15.7. The molecule has 3 fully saturated rings. The van der Waals surface area contributed by atoms with E-state index in [9.17, 15) is 9.59 Å². The molecule has 0 radical (unpaired) electrons.